The topological polar surface area (TPSA) is 64.1 Å². The molecule has 2 N–H and O–H groups in total. The molecule has 144 valence electrons. The van der Waals surface area contributed by atoms with E-state index in [1.54, 1.807) is 14.2 Å². The number of ether oxygens (including phenoxy) is 3. The standard InChI is InChI=1S/C18H31N3O3.HI/c1-15(2)14-23-12-5-10-20-18(19-3)21-11-13-24-17-8-6-16(22-4)7-9-17;/h6-9,15H,5,10-14H2,1-4H3,(H2,19,20,21);1H. The summed E-state index contributed by atoms with van der Waals surface area (Å²) >= 11 is 0. The Morgan fingerprint density at radius 2 is 1.68 bits per heavy atom. The molecule has 0 unspecified atom stereocenters. The number of hydrogen-bond acceptors (Lipinski definition) is 4. The lowest BCUT2D eigenvalue weighted by Gasteiger charge is -2.13. The van der Waals surface area contributed by atoms with E-state index in [4.69, 9.17) is 14.2 Å². The minimum Gasteiger partial charge on any atom is -0.497 e. The molecule has 6 nitrogen and oxygen atoms in total. The summed E-state index contributed by atoms with van der Waals surface area (Å²) in [5, 5.41) is 6.48. The molecule has 0 aliphatic rings. The molecule has 1 rings (SSSR count). The fraction of sp³-hybridized carbons (Fsp3) is 0.611. The maximum atomic E-state index is 5.66. The Kier molecular flexibility index (Phi) is 14.3. The summed E-state index contributed by atoms with van der Waals surface area (Å²) in [6.07, 6.45) is 0.954. The van der Waals surface area contributed by atoms with Crippen LogP contribution in [0.3, 0.4) is 0 Å². The van der Waals surface area contributed by atoms with Crippen molar-refractivity contribution in [3.63, 3.8) is 0 Å². The molecule has 1 aromatic carbocycles. The van der Waals surface area contributed by atoms with Gasteiger partial charge in [0, 0.05) is 26.8 Å². The number of benzene rings is 1. The van der Waals surface area contributed by atoms with Crippen molar-refractivity contribution in [2.24, 2.45) is 10.9 Å². The van der Waals surface area contributed by atoms with Gasteiger partial charge < -0.3 is 24.8 Å². The SMILES string of the molecule is CN=C(NCCCOCC(C)C)NCCOc1ccc(OC)cc1.I. The predicted octanol–water partition coefficient (Wildman–Crippen LogP) is 2.92. The lowest BCUT2D eigenvalue weighted by Crippen LogP contribution is -2.39. The van der Waals surface area contributed by atoms with E-state index in [0.717, 1.165) is 43.6 Å². The smallest absolute Gasteiger partial charge is 0.191 e. The quantitative estimate of drug-likeness (QED) is 0.228. The molecular formula is C18H32IN3O3. The third-order valence-electron chi connectivity index (χ3n) is 3.16. The monoisotopic (exact) mass is 465 g/mol. The predicted molar refractivity (Wildman–Crippen MR) is 114 cm³/mol. The van der Waals surface area contributed by atoms with Crippen LogP contribution in [0.2, 0.25) is 0 Å². The molecule has 0 atom stereocenters. The molecular weight excluding hydrogens is 433 g/mol. The van der Waals surface area contributed by atoms with Gasteiger partial charge in [-0.1, -0.05) is 13.8 Å². The zero-order chi connectivity index (χ0) is 17.6. The van der Waals surface area contributed by atoms with Crippen LogP contribution in [0.4, 0.5) is 0 Å². The van der Waals surface area contributed by atoms with Crippen molar-refractivity contribution in [3.05, 3.63) is 24.3 Å². The maximum Gasteiger partial charge on any atom is 0.191 e. The van der Waals surface area contributed by atoms with Crippen LogP contribution < -0.4 is 20.1 Å². The maximum absolute atomic E-state index is 5.66. The summed E-state index contributed by atoms with van der Waals surface area (Å²) < 4.78 is 16.3. The molecule has 0 saturated heterocycles. The molecule has 0 fully saturated rings. The van der Waals surface area contributed by atoms with Gasteiger partial charge in [0.15, 0.2) is 5.96 Å². The number of rotatable bonds is 11. The Labute approximate surface area is 168 Å². The molecule has 0 radical (unpaired) electrons. The number of halogens is 1. The summed E-state index contributed by atoms with van der Waals surface area (Å²) in [5.74, 6) is 3.00. The first-order valence-corrected chi connectivity index (χ1v) is 8.44. The molecule has 1 aromatic rings. The number of methoxy groups -OCH3 is 1. The molecule has 0 amide bonds. The van der Waals surface area contributed by atoms with E-state index in [2.05, 4.69) is 29.5 Å². The number of aliphatic imine (C=N–C) groups is 1. The van der Waals surface area contributed by atoms with E-state index in [-0.39, 0.29) is 24.0 Å². The Hall–Kier alpha value is -1.22. The van der Waals surface area contributed by atoms with Crippen molar-refractivity contribution >= 4 is 29.9 Å². The van der Waals surface area contributed by atoms with Crippen LogP contribution in [-0.4, -0.2) is 53.0 Å². The van der Waals surface area contributed by atoms with Crippen LogP contribution >= 0.6 is 24.0 Å². The zero-order valence-electron chi connectivity index (χ0n) is 15.7. The highest BCUT2D eigenvalue weighted by molar-refractivity contribution is 14.0. The Balaban J connectivity index is 0.00000576. The van der Waals surface area contributed by atoms with Gasteiger partial charge in [-0.3, -0.25) is 4.99 Å². The van der Waals surface area contributed by atoms with Crippen LogP contribution in [-0.2, 0) is 4.74 Å². The molecule has 0 bridgehead atoms. The minimum absolute atomic E-state index is 0. The Bertz CT molecular complexity index is 467. The highest BCUT2D eigenvalue weighted by Gasteiger charge is 1.99. The second-order valence-electron chi connectivity index (χ2n) is 5.77. The molecule has 0 aromatic heterocycles. The van der Waals surface area contributed by atoms with E-state index in [1.165, 1.54) is 0 Å². The van der Waals surface area contributed by atoms with Crippen LogP contribution in [0, 0.1) is 5.92 Å². The molecule has 0 aliphatic carbocycles. The van der Waals surface area contributed by atoms with Gasteiger partial charge in [0.1, 0.15) is 18.1 Å². The van der Waals surface area contributed by atoms with Gasteiger partial charge in [-0.25, -0.2) is 0 Å². The van der Waals surface area contributed by atoms with Crippen molar-refractivity contribution in [1.82, 2.24) is 10.6 Å². The van der Waals surface area contributed by atoms with E-state index in [0.29, 0.717) is 19.1 Å². The first-order valence-electron chi connectivity index (χ1n) is 8.44. The van der Waals surface area contributed by atoms with E-state index in [9.17, 15) is 0 Å². The molecule has 25 heavy (non-hydrogen) atoms. The average molecular weight is 465 g/mol. The Morgan fingerprint density at radius 1 is 1.04 bits per heavy atom. The first-order chi connectivity index (χ1) is 11.7. The molecule has 0 spiro atoms. The Morgan fingerprint density at radius 3 is 2.28 bits per heavy atom. The van der Waals surface area contributed by atoms with Gasteiger partial charge >= 0.3 is 0 Å². The fourth-order valence-electron chi connectivity index (χ4n) is 1.93. The summed E-state index contributed by atoms with van der Waals surface area (Å²) in [6.45, 7) is 7.95. The second kappa shape index (κ2) is 15.1. The first kappa shape index (κ1) is 23.8. The van der Waals surface area contributed by atoms with Crippen molar-refractivity contribution in [1.29, 1.82) is 0 Å². The van der Waals surface area contributed by atoms with Crippen LogP contribution in [0.1, 0.15) is 20.3 Å². The third-order valence-corrected chi connectivity index (χ3v) is 3.16. The van der Waals surface area contributed by atoms with Gasteiger partial charge in [0.25, 0.3) is 0 Å². The summed E-state index contributed by atoms with van der Waals surface area (Å²) in [5.41, 5.74) is 0. The van der Waals surface area contributed by atoms with Crippen molar-refractivity contribution < 1.29 is 14.2 Å². The van der Waals surface area contributed by atoms with Gasteiger partial charge in [-0.05, 0) is 36.6 Å². The van der Waals surface area contributed by atoms with Crippen molar-refractivity contribution in [2.75, 3.05) is 47.1 Å². The number of hydrogen-bond donors (Lipinski definition) is 2. The van der Waals surface area contributed by atoms with Crippen molar-refractivity contribution in [3.8, 4) is 11.5 Å². The average Bonchev–Trinajstić information content (AvgIpc) is 2.60. The molecule has 0 saturated carbocycles. The highest BCUT2D eigenvalue weighted by atomic mass is 127. The van der Waals surface area contributed by atoms with Crippen molar-refractivity contribution in [2.45, 2.75) is 20.3 Å². The van der Waals surface area contributed by atoms with Crippen LogP contribution in [0.15, 0.2) is 29.3 Å². The van der Waals surface area contributed by atoms with Crippen LogP contribution in [0.25, 0.3) is 0 Å². The number of nitrogens with zero attached hydrogens (tertiary/aromatic N) is 1. The van der Waals surface area contributed by atoms with Crippen LogP contribution in [0.5, 0.6) is 11.5 Å². The van der Waals surface area contributed by atoms with E-state index >= 15 is 0 Å². The second-order valence-corrected chi connectivity index (χ2v) is 5.77. The van der Waals surface area contributed by atoms with Gasteiger partial charge in [0.2, 0.25) is 0 Å². The normalized spacial score (nSPS) is 11.0. The summed E-state index contributed by atoms with van der Waals surface area (Å²) in [7, 11) is 3.41. The zero-order valence-corrected chi connectivity index (χ0v) is 18.0. The van der Waals surface area contributed by atoms with Gasteiger partial charge in [-0.15, -0.1) is 24.0 Å². The fourth-order valence-corrected chi connectivity index (χ4v) is 1.93. The molecule has 0 heterocycles. The van der Waals surface area contributed by atoms with E-state index in [1.807, 2.05) is 24.3 Å². The third kappa shape index (κ3) is 11.9. The molecule has 7 heteroatoms. The lowest BCUT2D eigenvalue weighted by atomic mass is 10.2. The summed E-state index contributed by atoms with van der Waals surface area (Å²) in [6, 6.07) is 7.54. The van der Waals surface area contributed by atoms with Gasteiger partial charge in [-0.2, -0.15) is 0 Å². The lowest BCUT2D eigenvalue weighted by molar-refractivity contribution is 0.108. The van der Waals surface area contributed by atoms with E-state index < -0.39 is 0 Å². The summed E-state index contributed by atoms with van der Waals surface area (Å²) in [4.78, 5) is 4.18. The van der Waals surface area contributed by atoms with Gasteiger partial charge in [0.05, 0.1) is 13.7 Å². The largest absolute Gasteiger partial charge is 0.497 e. The highest BCUT2D eigenvalue weighted by Crippen LogP contribution is 2.16. The number of guanidine groups is 1. The number of nitrogens with one attached hydrogen (secondary N) is 2. The minimum atomic E-state index is 0. The molecule has 0 aliphatic heterocycles.